The molecule has 4 rings (SSSR count). The van der Waals surface area contributed by atoms with Gasteiger partial charge in [-0.25, -0.2) is 14.2 Å². The van der Waals surface area contributed by atoms with E-state index in [1.165, 1.54) is 26.2 Å². The van der Waals surface area contributed by atoms with Crippen LogP contribution in [0.5, 0.6) is 5.75 Å². The van der Waals surface area contributed by atoms with Crippen molar-refractivity contribution in [1.29, 1.82) is 0 Å². The number of methoxy groups -OCH3 is 1. The molecule has 0 amide bonds. The van der Waals surface area contributed by atoms with E-state index in [9.17, 15) is 27.6 Å². The average molecular weight is 538 g/mol. The van der Waals surface area contributed by atoms with Gasteiger partial charge in [0.15, 0.2) is 11.7 Å². The lowest BCUT2D eigenvalue weighted by atomic mass is 10.0. The topological polar surface area (TPSA) is 106 Å². The Hall–Kier alpha value is -4.06. The second kappa shape index (κ2) is 9.43. The Kier molecular flexibility index (Phi) is 6.63. The van der Waals surface area contributed by atoms with Crippen LogP contribution in [0, 0.1) is 6.92 Å². The van der Waals surface area contributed by atoms with Crippen molar-refractivity contribution in [1.82, 2.24) is 14.3 Å². The number of carbonyl (C=O) groups excluding carboxylic acids is 1. The van der Waals surface area contributed by atoms with Gasteiger partial charge in [-0.3, -0.25) is 9.36 Å². The molecule has 1 atom stereocenters. The van der Waals surface area contributed by atoms with Crippen molar-refractivity contribution in [2.75, 3.05) is 7.11 Å². The lowest BCUT2D eigenvalue weighted by Crippen LogP contribution is -2.40. The van der Waals surface area contributed by atoms with Gasteiger partial charge in [-0.1, -0.05) is 28.4 Å². The summed E-state index contributed by atoms with van der Waals surface area (Å²) in [6.45, 7) is 3.30. The Labute approximate surface area is 211 Å². The summed E-state index contributed by atoms with van der Waals surface area (Å²) >= 11 is 6.62. The molecule has 0 N–H and O–H groups in total. The molecule has 2 heterocycles. The van der Waals surface area contributed by atoms with E-state index in [1.807, 2.05) is 0 Å². The fourth-order valence-electron chi connectivity index (χ4n) is 3.80. The maximum Gasteiger partial charge on any atom is 0.431 e. The van der Waals surface area contributed by atoms with Gasteiger partial charge in [0.05, 0.1) is 23.2 Å². The number of aromatic nitrogens is 3. The highest BCUT2D eigenvalue weighted by Gasteiger charge is 2.35. The predicted molar refractivity (Wildman–Crippen MR) is 127 cm³/mol. The maximum atomic E-state index is 13.3. The minimum atomic E-state index is -4.91. The molecule has 2 aromatic carbocycles. The molecule has 0 fully saturated rings. The molecular weight excluding hydrogens is 519 g/mol. The number of ether oxygens (including phenoxy) is 2. The first-order valence-corrected chi connectivity index (χ1v) is 11.1. The lowest BCUT2D eigenvalue weighted by molar-refractivity contribution is -0.148. The summed E-state index contributed by atoms with van der Waals surface area (Å²) in [4.78, 5) is 37.3. The van der Waals surface area contributed by atoms with Crippen LogP contribution in [0.15, 0.2) is 50.5 Å². The molecule has 0 saturated carbocycles. The molecule has 194 valence electrons. The van der Waals surface area contributed by atoms with Crippen molar-refractivity contribution >= 4 is 28.5 Å². The Balaban J connectivity index is 1.95. The standard InChI is InChI=1S/C24H19ClF3N3O6/c1-11-5-7-15(36-12(2)22(33)35-4)13(9-11)21-19-16(37-29-21)8-6-14(20(19)25)31-18(32)10-17(24(26,27)28)30(3)23(31)34/h5-10,12H,1-4H3. The molecule has 0 bridgehead atoms. The van der Waals surface area contributed by atoms with Crippen LogP contribution in [0.1, 0.15) is 18.2 Å². The minimum absolute atomic E-state index is 0.161. The van der Waals surface area contributed by atoms with Gasteiger partial charge in [0.2, 0.25) is 0 Å². The summed E-state index contributed by atoms with van der Waals surface area (Å²) in [7, 11) is 2.12. The van der Waals surface area contributed by atoms with Gasteiger partial charge >= 0.3 is 17.8 Å². The summed E-state index contributed by atoms with van der Waals surface area (Å²) in [6.07, 6.45) is -5.88. The van der Waals surface area contributed by atoms with Gasteiger partial charge in [0.1, 0.15) is 17.1 Å². The smallest absolute Gasteiger partial charge is 0.431 e. The van der Waals surface area contributed by atoms with Crippen molar-refractivity contribution in [2.45, 2.75) is 26.1 Å². The third-order valence-electron chi connectivity index (χ3n) is 5.63. The highest BCUT2D eigenvalue weighted by Crippen LogP contribution is 2.40. The number of carbonyl (C=O) groups is 1. The second-order valence-corrected chi connectivity index (χ2v) is 8.51. The van der Waals surface area contributed by atoms with Crippen LogP contribution in [0.3, 0.4) is 0 Å². The summed E-state index contributed by atoms with van der Waals surface area (Å²) in [6, 6.07) is 8.01. The highest BCUT2D eigenvalue weighted by molar-refractivity contribution is 6.38. The summed E-state index contributed by atoms with van der Waals surface area (Å²) in [5, 5.41) is 4.08. The minimum Gasteiger partial charge on any atom is -0.478 e. The van der Waals surface area contributed by atoms with Crippen molar-refractivity contribution in [3.8, 4) is 22.7 Å². The molecule has 9 nitrogen and oxygen atoms in total. The van der Waals surface area contributed by atoms with E-state index < -0.39 is 35.2 Å². The second-order valence-electron chi connectivity index (χ2n) is 8.13. The largest absolute Gasteiger partial charge is 0.478 e. The van der Waals surface area contributed by atoms with Crippen molar-refractivity contribution in [3.05, 3.63) is 73.5 Å². The van der Waals surface area contributed by atoms with Crippen LogP contribution in [-0.4, -0.2) is 33.5 Å². The van der Waals surface area contributed by atoms with Crippen LogP contribution in [0.4, 0.5) is 13.2 Å². The van der Waals surface area contributed by atoms with E-state index >= 15 is 0 Å². The van der Waals surface area contributed by atoms with E-state index in [1.54, 1.807) is 25.1 Å². The average Bonchev–Trinajstić information content (AvgIpc) is 3.27. The number of benzene rings is 2. The Morgan fingerprint density at radius 1 is 1.16 bits per heavy atom. The fraction of sp³-hybridized carbons (Fsp3) is 0.250. The molecule has 0 radical (unpaired) electrons. The molecule has 0 spiro atoms. The predicted octanol–water partition coefficient (Wildman–Crippen LogP) is 4.27. The first-order chi connectivity index (χ1) is 17.3. The molecule has 0 aliphatic rings. The number of hydrogen-bond acceptors (Lipinski definition) is 7. The van der Waals surface area contributed by atoms with Crippen molar-refractivity contribution < 1.29 is 32.0 Å². The molecular formula is C24H19ClF3N3O6. The van der Waals surface area contributed by atoms with Gasteiger partial charge in [0, 0.05) is 18.7 Å². The molecule has 0 saturated heterocycles. The summed E-state index contributed by atoms with van der Waals surface area (Å²) < 4.78 is 56.5. The number of alkyl halides is 3. The van der Waals surface area contributed by atoms with Gasteiger partial charge in [-0.15, -0.1) is 0 Å². The maximum absolute atomic E-state index is 13.3. The van der Waals surface area contributed by atoms with Crippen LogP contribution >= 0.6 is 11.6 Å². The Morgan fingerprint density at radius 2 is 1.86 bits per heavy atom. The number of nitrogens with zero attached hydrogens (tertiary/aromatic N) is 3. The van der Waals surface area contributed by atoms with E-state index in [-0.39, 0.29) is 33.1 Å². The monoisotopic (exact) mass is 537 g/mol. The van der Waals surface area contributed by atoms with Gasteiger partial charge in [-0.05, 0) is 38.1 Å². The molecule has 1 unspecified atom stereocenters. The molecule has 13 heteroatoms. The molecule has 4 aromatic rings. The van der Waals surface area contributed by atoms with Crippen molar-refractivity contribution in [2.24, 2.45) is 7.05 Å². The Bertz CT molecular complexity index is 1650. The quantitative estimate of drug-likeness (QED) is 0.350. The zero-order valence-corrected chi connectivity index (χ0v) is 20.6. The molecule has 37 heavy (non-hydrogen) atoms. The van der Waals surface area contributed by atoms with Crippen LogP contribution < -0.4 is 16.0 Å². The first kappa shape index (κ1) is 26.0. The number of hydrogen-bond donors (Lipinski definition) is 0. The zero-order chi connectivity index (χ0) is 27.2. The van der Waals surface area contributed by atoms with Crippen LogP contribution in [0.2, 0.25) is 5.02 Å². The lowest BCUT2D eigenvalue weighted by Gasteiger charge is -2.16. The normalized spacial score (nSPS) is 12.5. The Morgan fingerprint density at radius 3 is 2.51 bits per heavy atom. The number of aryl methyl sites for hydroxylation is 1. The number of rotatable bonds is 5. The third kappa shape index (κ3) is 4.59. The summed E-state index contributed by atoms with van der Waals surface area (Å²) in [5.74, 6) is -0.378. The first-order valence-electron chi connectivity index (χ1n) is 10.7. The number of halogens is 4. The van der Waals surface area contributed by atoms with Gasteiger partial charge in [-0.2, -0.15) is 13.2 Å². The third-order valence-corrected chi connectivity index (χ3v) is 6.02. The van der Waals surface area contributed by atoms with Crippen LogP contribution in [0.25, 0.3) is 27.9 Å². The van der Waals surface area contributed by atoms with E-state index in [4.69, 9.17) is 25.6 Å². The zero-order valence-electron chi connectivity index (χ0n) is 19.8. The van der Waals surface area contributed by atoms with Gasteiger partial charge in [0.25, 0.3) is 5.56 Å². The highest BCUT2D eigenvalue weighted by atomic mass is 35.5. The van der Waals surface area contributed by atoms with Crippen molar-refractivity contribution in [3.63, 3.8) is 0 Å². The number of fused-ring (bicyclic) bond motifs is 1. The van der Waals surface area contributed by atoms with E-state index in [2.05, 4.69) is 5.16 Å². The van der Waals surface area contributed by atoms with E-state index in [0.29, 0.717) is 20.8 Å². The molecule has 0 aliphatic carbocycles. The van der Waals surface area contributed by atoms with Crippen LogP contribution in [-0.2, 0) is 22.8 Å². The SMILES string of the molecule is COC(=O)C(C)Oc1ccc(C)cc1-c1noc2ccc(-n3c(=O)cc(C(F)(F)F)n(C)c3=O)c(Cl)c12. The molecule has 0 aliphatic heterocycles. The molecule has 2 aromatic heterocycles. The van der Waals surface area contributed by atoms with Gasteiger partial charge < -0.3 is 14.0 Å². The van der Waals surface area contributed by atoms with E-state index in [0.717, 1.165) is 12.6 Å². The fourth-order valence-corrected chi connectivity index (χ4v) is 4.13. The summed E-state index contributed by atoms with van der Waals surface area (Å²) in [5.41, 5.74) is -2.53. The number of esters is 1.